The Morgan fingerprint density at radius 1 is 1.06 bits per heavy atom. The number of benzene rings is 1. The van der Waals surface area contributed by atoms with Gasteiger partial charge in [0, 0.05) is 0 Å². The van der Waals surface area contributed by atoms with Crippen LogP contribution in [0, 0.1) is 0 Å². The summed E-state index contributed by atoms with van der Waals surface area (Å²) in [6.07, 6.45) is 1.81. The number of carbonyl (C=O) groups excluding carboxylic acids is 2. The fraction of sp³-hybridized carbons (Fsp3) is 0.111. The first kappa shape index (κ1) is 21.1. The molecule has 16 heavy (non-hydrogen) atoms. The first-order valence-corrected chi connectivity index (χ1v) is 4.64. The second-order valence-corrected chi connectivity index (χ2v) is 2.16. The van der Waals surface area contributed by atoms with Gasteiger partial charge in [-0.05, 0) is 29.8 Å². The van der Waals surface area contributed by atoms with Crippen molar-refractivity contribution in [1.82, 2.24) is 0 Å². The second-order valence-electron chi connectivity index (χ2n) is 2.16. The van der Waals surface area contributed by atoms with Crippen molar-refractivity contribution in [2.24, 2.45) is 0 Å². The number of rotatable bonds is 2. The first-order chi connectivity index (χ1) is 6.61. The van der Waals surface area contributed by atoms with E-state index >= 15 is 0 Å². The molecular formula is C9H10CaO5S. The minimum absolute atomic E-state index is 0. The molecule has 5 nitrogen and oxygen atoms in total. The summed E-state index contributed by atoms with van der Waals surface area (Å²) in [5.74, 6) is -2.81. The van der Waals surface area contributed by atoms with E-state index < -0.39 is 11.9 Å². The van der Waals surface area contributed by atoms with E-state index in [1.54, 1.807) is 6.26 Å². The molecule has 0 radical (unpaired) electrons. The third-order valence-electron chi connectivity index (χ3n) is 1.33. The fourth-order valence-corrected chi connectivity index (χ4v) is 0.773. The van der Waals surface area contributed by atoms with Gasteiger partial charge in [-0.15, -0.1) is 0 Å². The molecule has 0 bridgehead atoms. The van der Waals surface area contributed by atoms with Gasteiger partial charge in [0.15, 0.2) is 0 Å². The number of hydrogen-bond donors (Lipinski definition) is 0. The van der Waals surface area contributed by atoms with Crippen LogP contribution in [-0.2, 0) is 12.6 Å². The molecule has 0 aliphatic carbocycles. The molecule has 0 fully saturated rings. The summed E-state index contributed by atoms with van der Waals surface area (Å²) in [5.41, 5.74) is -0.339. The zero-order valence-electron chi connectivity index (χ0n) is 8.60. The summed E-state index contributed by atoms with van der Waals surface area (Å²) in [7, 11) is 0. The molecule has 1 aromatic rings. The number of carboxylic acid groups (broad SMARTS) is 2. The minimum Gasteiger partial charge on any atom is -0.870 e. The molecule has 0 saturated heterocycles. The van der Waals surface area contributed by atoms with Crippen molar-refractivity contribution in [2.75, 3.05) is 6.26 Å². The van der Waals surface area contributed by atoms with Gasteiger partial charge in [-0.3, -0.25) is 0 Å². The van der Waals surface area contributed by atoms with E-state index in [0.29, 0.717) is 0 Å². The van der Waals surface area contributed by atoms with Crippen LogP contribution in [0.2, 0.25) is 0 Å². The third-order valence-corrected chi connectivity index (χ3v) is 1.33. The summed E-state index contributed by atoms with van der Waals surface area (Å²) < 4.78 is 0. The predicted molar refractivity (Wildman–Crippen MR) is 58.9 cm³/mol. The molecule has 0 heterocycles. The van der Waals surface area contributed by atoms with Crippen molar-refractivity contribution in [3.05, 3.63) is 35.4 Å². The SMILES string of the molecule is C[SH2+].O=C([O-])c1cccc(C(=O)[O-])c1.[Ca+2].[OH-]. The van der Waals surface area contributed by atoms with Crippen LogP contribution in [0.4, 0.5) is 0 Å². The Balaban J connectivity index is -0.000000399. The van der Waals surface area contributed by atoms with Crippen molar-refractivity contribution in [3.63, 3.8) is 0 Å². The van der Waals surface area contributed by atoms with Gasteiger partial charge in [0.05, 0.1) is 18.2 Å². The molecule has 0 unspecified atom stereocenters. The molecule has 0 spiro atoms. The van der Waals surface area contributed by atoms with E-state index in [1.807, 2.05) is 0 Å². The predicted octanol–water partition coefficient (Wildman–Crippen LogP) is -2.52. The topological polar surface area (TPSA) is 110 Å². The number of hydrogen-bond acceptors (Lipinski definition) is 5. The Morgan fingerprint density at radius 3 is 1.62 bits per heavy atom. The van der Waals surface area contributed by atoms with Crippen molar-refractivity contribution in [1.29, 1.82) is 0 Å². The van der Waals surface area contributed by atoms with Gasteiger partial charge < -0.3 is 25.3 Å². The fourth-order valence-electron chi connectivity index (χ4n) is 0.773. The smallest absolute Gasteiger partial charge is 0.870 e. The Hall–Kier alpha value is -0.270. The Labute approximate surface area is 128 Å². The second kappa shape index (κ2) is 11.2. The molecule has 0 aliphatic rings. The number of aromatic carboxylic acids is 2. The van der Waals surface area contributed by atoms with Crippen LogP contribution in [0.5, 0.6) is 0 Å². The maximum absolute atomic E-state index is 10.3. The number of carbonyl (C=O) groups is 2. The zero-order valence-corrected chi connectivity index (χ0v) is 11.8. The van der Waals surface area contributed by atoms with Crippen LogP contribution in [-0.4, -0.2) is 61.4 Å². The zero-order chi connectivity index (χ0) is 11.1. The molecule has 1 N–H and O–H groups in total. The van der Waals surface area contributed by atoms with E-state index in [1.165, 1.54) is 18.2 Å². The molecule has 0 saturated carbocycles. The van der Waals surface area contributed by atoms with Crippen LogP contribution in [0.3, 0.4) is 0 Å². The van der Waals surface area contributed by atoms with E-state index in [-0.39, 0.29) is 54.3 Å². The molecule has 1 aromatic carbocycles. The summed E-state index contributed by atoms with van der Waals surface area (Å²) >= 11 is 2.97. The molecule has 0 amide bonds. The molecule has 0 aliphatic heterocycles. The van der Waals surface area contributed by atoms with E-state index in [4.69, 9.17) is 0 Å². The van der Waals surface area contributed by atoms with Crippen LogP contribution in [0.15, 0.2) is 24.3 Å². The van der Waals surface area contributed by atoms with Gasteiger partial charge in [0.25, 0.3) is 0 Å². The molecule has 1 rings (SSSR count). The van der Waals surface area contributed by atoms with Crippen LogP contribution >= 0.6 is 0 Å². The van der Waals surface area contributed by atoms with Crippen molar-refractivity contribution in [2.45, 2.75) is 0 Å². The summed E-state index contributed by atoms with van der Waals surface area (Å²) in [5, 5.41) is 20.5. The van der Waals surface area contributed by atoms with Gasteiger partial charge in [0.2, 0.25) is 0 Å². The maximum Gasteiger partial charge on any atom is 2.00 e. The van der Waals surface area contributed by atoms with Gasteiger partial charge in [0.1, 0.15) is 0 Å². The molecule has 0 atom stereocenters. The van der Waals surface area contributed by atoms with Crippen molar-refractivity contribution >= 4 is 62.3 Å². The summed E-state index contributed by atoms with van der Waals surface area (Å²) in [6, 6.07) is 4.81. The quantitative estimate of drug-likeness (QED) is 0.435. The Kier molecular flexibility index (Phi) is 14.8. The minimum atomic E-state index is -1.40. The molecular weight excluding hydrogens is 260 g/mol. The van der Waals surface area contributed by atoms with Crippen LogP contribution in [0.25, 0.3) is 0 Å². The summed E-state index contributed by atoms with van der Waals surface area (Å²) in [4.78, 5) is 20.5. The summed E-state index contributed by atoms with van der Waals surface area (Å²) in [6.45, 7) is 0. The van der Waals surface area contributed by atoms with E-state index in [0.717, 1.165) is 6.07 Å². The largest absolute Gasteiger partial charge is 2.00 e. The van der Waals surface area contributed by atoms with Gasteiger partial charge in [-0.25, -0.2) is 0 Å². The van der Waals surface area contributed by atoms with Crippen LogP contribution in [0.1, 0.15) is 20.7 Å². The Bertz CT molecular complexity index is 313. The van der Waals surface area contributed by atoms with Gasteiger partial charge in [-0.1, -0.05) is 18.2 Å². The van der Waals surface area contributed by atoms with Crippen molar-refractivity contribution < 1.29 is 25.3 Å². The Morgan fingerprint density at radius 2 is 1.38 bits per heavy atom. The molecule has 7 heteroatoms. The number of carboxylic acids is 2. The van der Waals surface area contributed by atoms with E-state index in [9.17, 15) is 19.8 Å². The van der Waals surface area contributed by atoms with Gasteiger partial charge in [-0.2, -0.15) is 0 Å². The van der Waals surface area contributed by atoms with Gasteiger partial charge >= 0.3 is 37.7 Å². The standard InChI is InChI=1S/C8H6O4.CH4S.Ca.H2O/c9-7(10)5-2-1-3-6(4-5)8(11)12;1-2;;/h1-4H,(H,9,10)(H,11,12);2H,1H3;;1H2/q;;+2;/p-2. The third kappa shape index (κ3) is 7.08. The van der Waals surface area contributed by atoms with Crippen LogP contribution < -0.4 is 10.2 Å². The first-order valence-electron chi connectivity index (χ1n) is 3.64. The monoisotopic (exact) mass is 270 g/mol. The van der Waals surface area contributed by atoms with Crippen molar-refractivity contribution in [3.8, 4) is 0 Å². The van der Waals surface area contributed by atoms with E-state index in [2.05, 4.69) is 12.6 Å². The molecule has 0 aromatic heterocycles. The molecule has 84 valence electrons. The maximum atomic E-state index is 10.3. The average molecular weight is 270 g/mol. The normalized spacial score (nSPS) is 7.38. The average Bonchev–Trinajstić information content (AvgIpc) is 2.21.